The molecule has 12 heavy (non-hydrogen) atoms. The van der Waals surface area contributed by atoms with Gasteiger partial charge in [0, 0.05) is 19.6 Å². The Morgan fingerprint density at radius 2 is 2.33 bits per heavy atom. The highest BCUT2D eigenvalue weighted by atomic mass is 32.2. The number of nitrogens with one attached hydrogen (secondary N) is 1. The molecule has 0 aromatic carbocycles. The number of aliphatic hydroxyl groups excluding tert-OH is 1. The van der Waals surface area contributed by atoms with Crippen molar-refractivity contribution >= 4 is 10.0 Å². The third-order valence-corrected chi connectivity index (χ3v) is 3.27. The van der Waals surface area contributed by atoms with Gasteiger partial charge in [0.1, 0.15) is 0 Å². The first kappa shape index (κ1) is 9.91. The molecular weight excluding hydrogens is 180 g/mol. The monoisotopic (exact) mass is 194 g/mol. The van der Waals surface area contributed by atoms with E-state index in [1.807, 2.05) is 0 Å². The predicted molar refractivity (Wildman–Crippen MR) is 45.3 cm³/mol. The summed E-state index contributed by atoms with van der Waals surface area (Å²) < 4.78 is 23.6. The first-order valence-electron chi connectivity index (χ1n) is 3.84. The Morgan fingerprint density at radius 3 is 2.75 bits per heavy atom. The highest BCUT2D eigenvalue weighted by molar-refractivity contribution is 7.88. The SMILES string of the molecule is CS(=O)(=O)N1CCNCC1CO. The summed E-state index contributed by atoms with van der Waals surface area (Å²) >= 11 is 0. The molecule has 1 rings (SSSR count). The lowest BCUT2D eigenvalue weighted by atomic mass is 10.2. The van der Waals surface area contributed by atoms with E-state index in [-0.39, 0.29) is 12.6 Å². The van der Waals surface area contributed by atoms with Gasteiger partial charge in [0.25, 0.3) is 0 Å². The second-order valence-electron chi connectivity index (χ2n) is 2.91. The van der Waals surface area contributed by atoms with Crippen molar-refractivity contribution in [3.05, 3.63) is 0 Å². The Kier molecular flexibility index (Phi) is 3.05. The molecule has 0 radical (unpaired) electrons. The summed E-state index contributed by atoms with van der Waals surface area (Å²) in [6.07, 6.45) is 1.17. The number of hydrogen-bond acceptors (Lipinski definition) is 4. The number of sulfonamides is 1. The zero-order valence-electron chi connectivity index (χ0n) is 7.02. The first-order valence-corrected chi connectivity index (χ1v) is 5.69. The van der Waals surface area contributed by atoms with E-state index in [0.717, 1.165) is 0 Å². The van der Waals surface area contributed by atoms with Crippen molar-refractivity contribution in [3.8, 4) is 0 Å². The van der Waals surface area contributed by atoms with Gasteiger partial charge in [-0.25, -0.2) is 8.42 Å². The minimum atomic E-state index is -3.15. The summed E-state index contributed by atoms with van der Waals surface area (Å²) in [6.45, 7) is 1.51. The van der Waals surface area contributed by atoms with Crippen LogP contribution in [0, 0.1) is 0 Å². The summed E-state index contributed by atoms with van der Waals surface area (Å²) in [7, 11) is -3.15. The van der Waals surface area contributed by atoms with E-state index in [2.05, 4.69) is 5.32 Å². The van der Waals surface area contributed by atoms with Crippen LogP contribution in [0.4, 0.5) is 0 Å². The van der Waals surface area contributed by atoms with Crippen molar-refractivity contribution in [1.29, 1.82) is 0 Å². The van der Waals surface area contributed by atoms with Gasteiger partial charge in [0.2, 0.25) is 10.0 Å². The van der Waals surface area contributed by atoms with Crippen LogP contribution in [0.25, 0.3) is 0 Å². The molecule has 0 aliphatic carbocycles. The third kappa shape index (κ3) is 2.16. The summed E-state index contributed by atoms with van der Waals surface area (Å²) in [5, 5.41) is 11.9. The molecule has 5 nitrogen and oxygen atoms in total. The molecule has 0 saturated carbocycles. The summed E-state index contributed by atoms with van der Waals surface area (Å²) in [6, 6.07) is -0.297. The fourth-order valence-electron chi connectivity index (χ4n) is 1.33. The van der Waals surface area contributed by atoms with Crippen molar-refractivity contribution in [2.24, 2.45) is 0 Å². The number of aliphatic hydroxyl groups is 1. The van der Waals surface area contributed by atoms with E-state index in [1.54, 1.807) is 0 Å². The molecule has 0 aromatic heterocycles. The zero-order valence-corrected chi connectivity index (χ0v) is 7.84. The fraction of sp³-hybridized carbons (Fsp3) is 1.00. The lowest BCUT2D eigenvalue weighted by Gasteiger charge is -2.32. The van der Waals surface area contributed by atoms with Crippen LogP contribution in [-0.4, -0.2) is 56.4 Å². The minimum absolute atomic E-state index is 0.125. The van der Waals surface area contributed by atoms with E-state index < -0.39 is 10.0 Å². The molecule has 0 amide bonds. The molecular formula is C6H14N2O3S. The Bertz CT molecular complexity index is 239. The van der Waals surface area contributed by atoms with Gasteiger partial charge in [-0.05, 0) is 0 Å². The van der Waals surface area contributed by atoms with Crippen LogP contribution in [0.3, 0.4) is 0 Å². The normalized spacial score (nSPS) is 27.3. The average Bonchev–Trinajstić information content (AvgIpc) is 2.03. The number of nitrogens with zero attached hydrogens (tertiary/aromatic N) is 1. The summed E-state index contributed by atoms with van der Waals surface area (Å²) in [5.41, 5.74) is 0. The molecule has 1 atom stereocenters. The zero-order chi connectivity index (χ0) is 9.19. The molecule has 1 heterocycles. The van der Waals surface area contributed by atoms with Gasteiger partial charge in [0.15, 0.2) is 0 Å². The van der Waals surface area contributed by atoms with Crippen molar-refractivity contribution in [3.63, 3.8) is 0 Å². The standard InChI is InChI=1S/C6H14N2O3S/c1-12(10,11)8-3-2-7-4-6(8)5-9/h6-7,9H,2-5H2,1H3. The number of rotatable bonds is 2. The summed E-state index contributed by atoms with van der Waals surface area (Å²) in [5.74, 6) is 0. The van der Waals surface area contributed by atoms with Gasteiger partial charge < -0.3 is 10.4 Å². The molecule has 6 heteroatoms. The van der Waals surface area contributed by atoms with Gasteiger partial charge in [0.05, 0.1) is 18.9 Å². The maximum absolute atomic E-state index is 11.1. The van der Waals surface area contributed by atoms with Gasteiger partial charge in [-0.3, -0.25) is 0 Å². The van der Waals surface area contributed by atoms with Crippen LogP contribution in [-0.2, 0) is 10.0 Å². The maximum Gasteiger partial charge on any atom is 0.211 e. The Morgan fingerprint density at radius 1 is 1.67 bits per heavy atom. The number of piperazine rings is 1. The number of hydrogen-bond donors (Lipinski definition) is 2. The Balaban J connectivity index is 2.72. The van der Waals surface area contributed by atoms with Crippen molar-refractivity contribution in [1.82, 2.24) is 9.62 Å². The van der Waals surface area contributed by atoms with Gasteiger partial charge in [-0.1, -0.05) is 0 Å². The van der Waals surface area contributed by atoms with Crippen molar-refractivity contribution < 1.29 is 13.5 Å². The van der Waals surface area contributed by atoms with Crippen LogP contribution >= 0.6 is 0 Å². The van der Waals surface area contributed by atoms with Crippen molar-refractivity contribution in [2.75, 3.05) is 32.5 Å². The molecule has 1 fully saturated rings. The van der Waals surface area contributed by atoms with E-state index >= 15 is 0 Å². The highest BCUT2D eigenvalue weighted by Crippen LogP contribution is 2.07. The average molecular weight is 194 g/mol. The molecule has 1 aliphatic rings. The molecule has 2 N–H and O–H groups in total. The molecule has 0 aromatic rings. The molecule has 72 valence electrons. The van der Waals surface area contributed by atoms with Crippen LogP contribution in [0.5, 0.6) is 0 Å². The predicted octanol–water partition coefficient (Wildman–Crippen LogP) is -1.79. The topological polar surface area (TPSA) is 69.6 Å². The lowest BCUT2D eigenvalue weighted by Crippen LogP contribution is -2.54. The molecule has 1 saturated heterocycles. The quantitative estimate of drug-likeness (QED) is 0.545. The fourth-order valence-corrected chi connectivity index (χ4v) is 2.44. The van der Waals surface area contributed by atoms with Gasteiger partial charge >= 0.3 is 0 Å². The van der Waals surface area contributed by atoms with Crippen molar-refractivity contribution in [2.45, 2.75) is 6.04 Å². The Labute approximate surface area is 72.4 Å². The van der Waals surface area contributed by atoms with Gasteiger partial charge in [-0.2, -0.15) is 4.31 Å². The maximum atomic E-state index is 11.1. The van der Waals surface area contributed by atoms with Gasteiger partial charge in [-0.15, -0.1) is 0 Å². The van der Waals surface area contributed by atoms with Crippen LogP contribution in [0.2, 0.25) is 0 Å². The van der Waals surface area contributed by atoms with Crippen LogP contribution in [0.1, 0.15) is 0 Å². The van der Waals surface area contributed by atoms with E-state index in [4.69, 9.17) is 5.11 Å². The molecule has 1 aliphatic heterocycles. The minimum Gasteiger partial charge on any atom is -0.395 e. The summed E-state index contributed by atoms with van der Waals surface area (Å²) in [4.78, 5) is 0. The molecule has 1 unspecified atom stereocenters. The highest BCUT2D eigenvalue weighted by Gasteiger charge is 2.28. The first-order chi connectivity index (χ1) is 5.55. The smallest absolute Gasteiger partial charge is 0.211 e. The molecule has 0 bridgehead atoms. The van der Waals surface area contributed by atoms with Crippen LogP contribution < -0.4 is 5.32 Å². The van der Waals surface area contributed by atoms with E-state index in [0.29, 0.717) is 19.6 Å². The van der Waals surface area contributed by atoms with E-state index in [1.165, 1.54) is 10.6 Å². The second kappa shape index (κ2) is 3.69. The largest absolute Gasteiger partial charge is 0.395 e. The third-order valence-electron chi connectivity index (χ3n) is 1.93. The van der Waals surface area contributed by atoms with Crippen LogP contribution in [0.15, 0.2) is 0 Å². The Hall–Kier alpha value is -0.170. The van der Waals surface area contributed by atoms with E-state index in [9.17, 15) is 8.42 Å². The lowest BCUT2D eigenvalue weighted by molar-refractivity contribution is 0.165. The second-order valence-corrected chi connectivity index (χ2v) is 4.85. The molecule has 0 spiro atoms.